The van der Waals surface area contributed by atoms with Gasteiger partial charge < -0.3 is 9.80 Å². The number of hydrogen-bond donors (Lipinski definition) is 0. The van der Waals surface area contributed by atoms with Crippen LogP contribution in [0.3, 0.4) is 0 Å². The molecule has 2 heterocycles. The first kappa shape index (κ1) is 22.3. The Morgan fingerprint density at radius 3 is 2.41 bits per heavy atom. The number of aryl methyl sites for hydroxylation is 1. The second kappa shape index (κ2) is 9.73. The normalized spacial score (nSPS) is 14.6. The van der Waals surface area contributed by atoms with Crippen LogP contribution in [0.15, 0.2) is 53.7 Å². The van der Waals surface area contributed by atoms with Crippen molar-refractivity contribution in [2.45, 2.75) is 37.9 Å². The number of aromatic nitrogens is 3. The summed E-state index contributed by atoms with van der Waals surface area (Å²) < 4.78 is 15.3. The van der Waals surface area contributed by atoms with Gasteiger partial charge in [-0.3, -0.25) is 9.36 Å². The van der Waals surface area contributed by atoms with Gasteiger partial charge in [-0.2, -0.15) is 0 Å². The number of anilines is 1. The second-order valence-corrected chi connectivity index (χ2v) is 9.11. The fraction of sp³-hybridized carbons (Fsp3) is 0.375. The van der Waals surface area contributed by atoms with Gasteiger partial charge in [0.15, 0.2) is 5.16 Å². The molecule has 0 bridgehead atoms. The first-order valence-electron chi connectivity index (χ1n) is 10.9. The van der Waals surface area contributed by atoms with Crippen LogP contribution >= 0.6 is 11.8 Å². The predicted molar refractivity (Wildman–Crippen MR) is 126 cm³/mol. The molecule has 3 aromatic rings. The van der Waals surface area contributed by atoms with E-state index in [0.717, 1.165) is 43.1 Å². The highest BCUT2D eigenvalue weighted by atomic mass is 32.2. The lowest BCUT2D eigenvalue weighted by Crippen LogP contribution is -2.31. The van der Waals surface area contributed by atoms with E-state index < -0.39 is 0 Å². The Morgan fingerprint density at radius 1 is 1.09 bits per heavy atom. The molecule has 1 aliphatic rings. The monoisotopic (exact) mass is 453 g/mol. The molecule has 1 amide bonds. The maximum absolute atomic E-state index is 13.2. The molecule has 0 spiro atoms. The molecule has 2 aromatic carbocycles. The van der Waals surface area contributed by atoms with Gasteiger partial charge >= 0.3 is 0 Å². The summed E-state index contributed by atoms with van der Waals surface area (Å²) in [6.45, 7) is 5.93. The van der Waals surface area contributed by atoms with Crippen molar-refractivity contribution in [3.63, 3.8) is 0 Å². The number of hydrogen-bond acceptors (Lipinski definition) is 5. The lowest BCUT2D eigenvalue weighted by Gasteiger charge is -2.25. The summed E-state index contributed by atoms with van der Waals surface area (Å²) in [6.07, 6.45) is 2.29. The molecule has 168 valence electrons. The van der Waals surface area contributed by atoms with Gasteiger partial charge in [-0.15, -0.1) is 10.2 Å². The van der Waals surface area contributed by atoms with Crippen molar-refractivity contribution in [1.82, 2.24) is 19.7 Å². The van der Waals surface area contributed by atoms with Gasteiger partial charge in [0, 0.05) is 20.1 Å². The molecule has 1 unspecified atom stereocenters. The quantitative estimate of drug-likeness (QED) is 0.489. The van der Waals surface area contributed by atoms with E-state index in [2.05, 4.69) is 46.3 Å². The van der Waals surface area contributed by atoms with Gasteiger partial charge in [-0.25, -0.2) is 4.39 Å². The van der Waals surface area contributed by atoms with Crippen molar-refractivity contribution in [3.05, 3.63) is 65.5 Å². The SMILES string of the molecule is Cc1ccc(-n2c(SCC(=O)N(C)C(C)c3ccc(F)cc3)nnc2N2CCCC2)cc1. The summed E-state index contributed by atoms with van der Waals surface area (Å²) in [5, 5.41) is 9.59. The Bertz CT molecular complexity index is 1060. The fourth-order valence-corrected chi connectivity index (χ4v) is 4.68. The average Bonchev–Trinajstić information content (AvgIpc) is 3.47. The number of carbonyl (C=O) groups is 1. The average molecular weight is 454 g/mol. The molecule has 0 aliphatic carbocycles. The van der Waals surface area contributed by atoms with Crippen molar-refractivity contribution < 1.29 is 9.18 Å². The highest BCUT2D eigenvalue weighted by Crippen LogP contribution is 2.29. The largest absolute Gasteiger partial charge is 0.341 e. The van der Waals surface area contributed by atoms with Crippen LogP contribution in [0.25, 0.3) is 5.69 Å². The molecule has 6 nitrogen and oxygen atoms in total. The Morgan fingerprint density at radius 2 is 1.75 bits per heavy atom. The molecule has 1 saturated heterocycles. The maximum Gasteiger partial charge on any atom is 0.233 e. The third-order valence-corrected chi connectivity index (χ3v) is 6.86. The summed E-state index contributed by atoms with van der Waals surface area (Å²) in [7, 11) is 1.78. The minimum atomic E-state index is -0.283. The Labute approximate surface area is 192 Å². The molecule has 0 N–H and O–H groups in total. The zero-order valence-electron chi connectivity index (χ0n) is 18.7. The van der Waals surface area contributed by atoms with Crippen LogP contribution < -0.4 is 4.90 Å². The van der Waals surface area contributed by atoms with Gasteiger partial charge in [0.05, 0.1) is 17.5 Å². The van der Waals surface area contributed by atoms with Crippen LogP contribution in [0.1, 0.15) is 36.9 Å². The summed E-state index contributed by atoms with van der Waals surface area (Å²) in [5.41, 5.74) is 3.07. The molecule has 1 aliphatic heterocycles. The highest BCUT2D eigenvalue weighted by Gasteiger charge is 2.24. The standard InChI is InChI=1S/C24H28FN5OS/c1-17-6-12-21(13-7-17)30-23(29-14-4-5-15-29)26-27-24(30)32-16-22(31)28(3)18(2)19-8-10-20(25)11-9-19/h6-13,18H,4-5,14-16H2,1-3H3. The van der Waals surface area contributed by atoms with Crippen LogP contribution in [0, 0.1) is 12.7 Å². The van der Waals surface area contributed by atoms with Crippen molar-refractivity contribution >= 4 is 23.6 Å². The van der Waals surface area contributed by atoms with Crippen molar-refractivity contribution in [3.8, 4) is 5.69 Å². The molecule has 1 fully saturated rings. The number of nitrogens with zero attached hydrogens (tertiary/aromatic N) is 5. The molecule has 8 heteroatoms. The molecular formula is C24H28FN5OS. The molecule has 0 radical (unpaired) electrons. The van der Waals surface area contributed by atoms with E-state index in [-0.39, 0.29) is 23.5 Å². The van der Waals surface area contributed by atoms with Crippen LogP contribution in [-0.2, 0) is 4.79 Å². The van der Waals surface area contributed by atoms with Crippen LogP contribution in [0.5, 0.6) is 0 Å². The number of thioether (sulfide) groups is 1. The van der Waals surface area contributed by atoms with E-state index in [1.165, 1.54) is 29.5 Å². The van der Waals surface area contributed by atoms with Gasteiger partial charge in [0.2, 0.25) is 11.9 Å². The number of rotatable bonds is 7. The van der Waals surface area contributed by atoms with Gasteiger partial charge in [-0.05, 0) is 56.5 Å². The Hall–Kier alpha value is -2.87. The third kappa shape index (κ3) is 4.80. The van der Waals surface area contributed by atoms with Crippen molar-refractivity contribution in [2.75, 3.05) is 30.8 Å². The van der Waals surface area contributed by atoms with E-state index in [1.807, 2.05) is 11.5 Å². The predicted octanol–water partition coefficient (Wildman–Crippen LogP) is 4.63. The second-order valence-electron chi connectivity index (χ2n) is 8.17. The minimum absolute atomic E-state index is 0.0204. The summed E-state index contributed by atoms with van der Waals surface area (Å²) in [4.78, 5) is 16.9. The number of halogens is 1. The topological polar surface area (TPSA) is 54.3 Å². The number of amides is 1. The number of benzene rings is 2. The third-order valence-electron chi connectivity index (χ3n) is 5.95. The zero-order valence-corrected chi connectivity index (χ0v) is 19.5. The summed E-state index contributed by atoms with van der Waals surface area (Å²) in [6, 6.07) is 14.4. The van der Waals surface area contributed by atoms with E-state index in [9.17, 15) is 9.18 Å². The van der Waals surface area contributed by atoms with E-state index >= 15 is 0 Å². The van der Waals surface area contributed by atoms with Crippen LogP contribution in [-0.4, -0.2) is 51.5 Å². The zero-order chi connectivity index (χ0) is 22.7. The Kier molecular flexibility index (Phi) is 6.79. The smallest absolute Gasteiger partial charge is 0.233 e. The van der Waals surface area contributed by atoms with Crippen LogP contribution in [0.2, 0.25) is 0 Å². The van der Waals surface area contributed by atoms with Crippen LogP contribution in [0.4, 0.5) is 10.3 Å². The lowest BCUT2D eigenvalue weighted by atomic mass is 10.1. The molecule has 4 rings (SSSR count). The van der Waals surface area contributed by atoms with Gasteiger partial charge in [0.25, 0.3) is 0 Å². The minimum Gasteiger partial charge on any atom is -0.341 e. The summed E-state index contributed by atoms with van der Waals surface area (Å²) in [5.74, 6) is 0.767. The fourth-order valence-electron chi connectivity index (χ4n) is 3.81. The molecular weight excluding hydrogens is 425 g/mol. The Balaban J connectivity index is 1.51. The van der Waals surface area contributed by atoms with Crippen molar-refractivity contribution in [1.29, 1.82) is 0 Å². The molecule has 0 saturated carbocycles. The summed E-state index contributed by atoms with van der Waals surface area (Å²) >= 11 is 1.39. The molecule has 1 atom stereocenters. The van der Waals surface area contributed by atoms with Gasteiger partial charge in [-0.1, -0.05) is 41.6 Å². The van der Waals surface area contributed by atoms with Crippen molar-refractivity contribution in [2.24, 2.45) is 0 Å². The maximum atomic E-state index is 13.2. The van der Waals surface area contributed by atoms with E-state index in [1.54, 1.807) is 24.1 Å². The van der Waals surface area contributed by atoms with E-state index in [0.29, 0.717) is 5.16 Å². The first-order valence-corrected chi connectivity index (χ1v) is 11.8. The first-order chi connectivity index (χ1) is 15.4. The number of carbonyl (C=O) groups excluding carboxylic acids is 1. The molecule has 1 aromatic heterocycles. The molecule has 32 heavy (non-hydrogen) atoms. The van der Waals surface area contributed by atoms with E-state index in [4.69, 9.17) is 0 Å². The van der Waals surface area contributed by atoms with Gasteiger partial charge in [0.1, 0.15) is 5.82 Å². The lowest BCUT2D eigenvalue weighted by molar-refractivity contribution is -0.128. The highest BCUT2D eigenvalue weighted by molar-refractivity contribution is 7.99.